The number of hydrogen-bond acceptors (Lipinski definition) is 1. The van der Waals surface area contributed by atoms with Gasteiger partial charge in [0.1, 0.15) is 0 Å². The van der Waals surface area contributed by atoms with Gasteiger partial charge in [0.15, 0.2) is 0 Å². The number of benzene rings is 2. The molecular formula is C19H21Cl2N. The lowest BCUT2D eigenvalue weighted by atomic mass is 9.92. The maximum absolute atomic E-state index is 6.06. The van der Waals surface area contributed by atoms with Crippen LogP contribution in [0.3, 0.4) is 0 Å². The van der Waals surface area contributed by atoms with Gasteiger partial charge in [-0.3, -0.25) is 4.90 Å². The highest BCUT2D eigenvalue weighted by Gasteiger charge is 2.25. The van der Waals surface area contributed by atoms with Crippen molar-refractivity contribution in [3.8, 4) is 0 Å². The Bertz CT molecular complexity index is 553. The number of rotatable bonds is 3. The van der Waals surface area contributed by atoms with E-state index in [-0.39, 0.29) is 6.04 Å². The van der Waals surface area contributed by atoms with Gasteiger partial charge in [-0.15, -0.1) is 0 Å². The van der Waals surface area contributed by atoms with Crippen LogP contribution in [0.4, 0.5) is 0 Å². The molecule has 3 rings (SSSR count). The molecule has 0 atom stereocenters. The van der Waals surface area contributed by atoms with Gasteiger partial charge in [0, 0.05) is 10.0 Å². The van der Waals surface area contributed by atoms with Crippen molar-refractivity contribution in [1.29, 1.82) is 0 Å². The van der Waals surface area contributed by atoms with Crippen molar-refractivity contribution in [3.05, 3.63) is 69.7 Å². The summed E-state index contributed by atoms with van der Waals surface area (Å²) in [6, 6.07) is 16.7. The summed E-state index contributed by atoms with van der Waals surface area (Å²) in [7, 11) is 0. The molecular weight excluding hydrogens is 313 g/mol. The number of piperidine rings is 1. The maximum atomic E-state index is 6.06. The minimum Gasteiger partial charge on any atom is -0.292 e. The zero-order valence-corrected chi connectivity index (χ0v) is 14.3. The van der Waals surface area contributed by atoms with E-state index in [1.165, 1.54) is 24.0 Å². The standard InChI is InChI=1S/C19H21Cl2N/c1-14-10-12-22(13-11-14)19(15-2-6-17(20)7-3-15)16-4-8-18(21)9-5-16/h2-9,14,19H,10-13H2,1H3. The van der Waals surface area contributed by atoms with Gasteiger partial charge in [0.05, 0.1) is 6.04 Å². The highest BCUT2D eigenvalue weighted by Crippen LogP contribution is 2.33. The van der Waals surface area contributed by atoms with E-state index in [0.717, 1.165) is 29.1 Å². The predicted octanol–water partition coefficient (Wildman–Crippen LogP) is 5.81. The topological polar surface area (TPSA) is 3.24 Å². The summed E-state index contributed by atoms with van der Waals surface area (Å²) < 4.78 is 0. The number of nitrogens with zero attached hydrogens (tertiary/aromatic N) is 1. The van der Waals surface area contributed by atoms with Crippen LogP contribution in [0.2, 0.25) is 10.0 Å². The molecule has 1 saturated heterocycles. The molecule has 0 radical (unpaired) electrons. The minimum absolute atomic E-state index is 0.280. The third-order valence-electron chi connectivity index (χ3n) is 4.55. The second kappa shape index (κ2) is 7.04. The van der Waals surface area contributed by atoms with E-state index in [1.54, 1.807) is 0 Å². The molecule has 0 N–H and O–H groups in total. The maximum Gasteiger partial charge on any atom is 0.0601 e. The molecule has 116 valence electrons. The van der Waals surface area contributed by atoms with Crippen LogP contribution in [-0.2, 0) is 0 Å². The molecule has 0 unspecified atom stereocenters. The largest absolute Gasteiger partial charge is 0.292 e. The summed E-state index contributed by atoms with van der Waals surface area (Å²) in [6.45, 7) is 4.62. The summed E-state index contributed by atoms with van der Waals surface area (Å²) >= 11 is 12.1. The third kappa shape index (κ3) is 3.65. The van der Waals surface area contributed by atoms with Crippen LogP contribution >= 0.6 is 23.2 Å². The molecule has 3 heteroatoms. The fourth-order valence-corrected chi connectivity index (χ4v) is 3.44. The molecule has 0 bridgehead atoms. The van der Waals surface area contributed by atoms with Gasteiger partial charge in [-0.25, -0.2) is 0 Å². The van der Waals surface area contributed by atoms with Gasteiger partial charge >= 0.3 is 0 Å². The molecule has 2 aromatic rings. The summed E-state index contributed by atoms with van der Waals surface area (Å²) in [6.07, 6.45) is 2.52. The second-order valence-electron chi connectivity index (χ2n) is 6.22. The highest BCUT2D eigenvalue weighted by molar-refractivity contribution is 6.30. The number of hydrogen-bond donors (Lipinski definition) is 0. The summed E-state index contributed by atoms with van der Waals surface area (Å²) in [5.74, 6) is 0.826. The SMILES string of the molecule is CC1CCN(C(c2ccc(Cl)cc2)c2ccc(Cl)cc2)CC1. The lowest BCUT2D eigenvalue weighted by molar-refractivity contribution is 0.157. The van der Waals surface area contributed by atoms with Crippen LogP contribution < -0.4 is 0 Å². The number of halogens is 2. The molecule has 0 saturated carbocycles. The first-order valence-electron chi connectivity index (χ1n) is 7.88. The normalized spacial score (nSPS) is 17.1. The van der Waals surface area contributed by atoms with Crippen molar-refractivity contribution in [2.24, 2.45) is 5.92 Å². The average Bonchev–Trinajstić information content (AvgIpc) is 2.53. The van der Waals surface area contributed by atoms with Crippen molar-refractivity contribution in [2.45, 2.75) is 25.8 Å². The fourth-order valence-electron chi connectivity index (χ4n) is 3.19. The Morgan fingerprint density at radius 2 is 1.23 bits per heavy atom. The van der Waals surface area contributed by atoms with Crippen molar-refractivity contribution in [3.63, 3.8) is 0 Å². The van der Waals surface area contributed by atoms with E-state index in [9.17, 15) is 0 Å². The van der Waals surface area contributed by atoms with Gasteiger partial charge in [-0.1, -0.05) is 54.4 Å². The first-order valence-corrected chi connectivity index (χ1v) is 8.64. The molecule has 2 aromatic carbocycles. The molecule has 0 amide bonds. The van der Waals surface area contributed by atoms with Gasteiger partial charge in [0.2, 0.25) is 0 Å². The van der Waals surface area contributed by atoms with Crippen LogP contribution in [-0.4, -0.2) is 18.0 Å². The summed E-state index contributed by atoms with van der Waals surface area (Å²) in [5.41, 5.74) is 2.59. The van der Waals surface area contributed by atoms with Crippen molar-refractivity contribution < 1.29 is 0 Å². The van der Waals surface area contributed by atoms with Gasteiger partial charge in [-0.05, 0) is 67.2 Å². The molecule has 1 nitrogen and oxygen atoms in total. The Kier molecular flexibility index (Phi) is 5.07. The predicted molar refractivity (Wildman–Crippen MR) is 94.7 cm³/mol. The minimum atomic E-state index is 0.280. The van der Waals surface area contributed by atoms with Crippen LogP contribution in [0.15, 0.2) is 48.5 Å². The molecule has 1 aliphatic rings. The fraction of sp³-hybridized carbons (Fsp3) is 0.368. The van der Waals surface area contributed by atoms with E-state index in [0.29, 0.717) is 0 Å². The molecule has 0 spiro atoms. The monoisotopic (exact) mass is 333 g/mol. The second-order valence-corrected chi connectivity index (χ2v) is 7.10. The van der Waals surface area contributed by atoms with Gasteiger partial charge in [-0.2, -0.15) is 0 Å². The lowest BCUT2D eigenvalue weighted by Crippen LogP contribution is -2.36. The Morgan fingerprint density at radius 1 is 0.818 bits per heavy atom. The van der Waals surface area contributed by atoms with E-state index >= 15 is 0 Å². The highest BCUT2D eigenvalue weighted by atomic mass is 35.5. The molecule has 0 aromatic heterocycles. The Hall–Kier alpha value is -1.02. The van der Waals surface area contributed by atoms with Crippen LogP contribution in [0.1, 0.15) is 36.9 Å². The molecule has 0 aliphatic carbocycles. The van der Waals surface area contributed by atoms with Gasteiger partial charge < -0.3 is 0 Å². The quantitative estimate of drug-likeness (QED) is 0.684. The van der Waals surface area contributed by atoms with Gasteiger partial charge in [0.25, 0.3) is 0 Å². The summed E-state index contributed by atoms with van der Waals surface area (Å²) in [5, 5.41) is 1.57. The van der Waals surface area contributed by atoms with Crippen molar-refractivity contribution in [2.75, 3.05) is 13.1 Å². The smallest absolute Gasteiger partial charge is 0.0601 e. The Balaban J connectivity index is 1.94. The van der Waals surface area contributed by atoms with E-state index < -0.39 is 0 Å². The van der Waals surface area contributed by atoms with E-state index in [1.807, 2.05) is 24.3 Å². The molecule has 22 heavy (non-hydrogen) atoms. The van der Waals surface area contributed by atoms with E-state index in [2.05, 4.69) is 36.1 Å². The first kappa shape index (κ1) is 15.9. The zero-order valence-electron chi connectivity index (χ0n) is 12.8. The van der Waals surface area contributed by atoms with Crippen LogP contribution in [0.25, 0.3) is 0 Å². The van der Waals surface area contributed by atoms with E-state index in [4.69, 9.17) is 23.2 Å². The number of likely N-dealkylation sites (tertiary alicyclic amines) is 1. The first-order chi connectivity index (χ1) is 10.6. The van der Waals surface area contributed by atoms with Crippen LogP contribution in [0, 0.1) is 5.92 Å². The lowest BCUT2D eigenvalue weighted by Gasteiger charge is -2.37. The Morgan fingerprint density at radius 3 is 1.64 bits per heavy atom. The molecule has 1 fully saturated rings. The average molecular weight is 334 g/mol. The third-order valence-corrected chi connectivity index (χ3v) is 5.06. The molecule has 1 aliphatic heterocycles. The van der Waals surface area contributed by atoms with Crippen molar-refractivity contribution in [1.82, 2.24) is 4.90 Å². The summed E-state index contributed by atoms with van der Waals surface area (Å²) in [4.78, 5) is 2.58. The Labute approximate surface area is 142 Å². The molecule has 1 heterocycles. The van der Waals surface area contributed by atoms with Crippen LogP contribution in [0.5, 0.6) is 0 Å². The zero-order chi connectivity index (χ0) is 15.5. The van der Waals surface area contributed by atoms with Crippen molar-refractivity contribution >= 4 is 23.2 Å².